The molecule has 1 unspecified atom stereocenters. The van der Waals surface area contributed by atoms with Gasteiger partial charge in [0, 0.05) is 19.7 Å². The zero-order valence-corrected chi connectivity index (χ0v) is 12.6. The molecular formula is C13H22N2O4S. The Morgan fingerprint density at radius 3 is 2.95 bits per heavy atom. The maximum Gasteiger partial charge on any atom is 0.276 e. The molecule has 1 aromatic heterocycles. The van der Waals surface area contributed by atoms with Crippen molar-refractivity contribution in [2.75, 3.05) is 19.7 Å². The van der Waals surface area contributed by atoms with Crippen LogP contribution in [-0.2, 0) is 21.3 Å². The van der Waals surface area contributed by atoms with Crippen LogP contribution in [0.4, 0.5) is 0 Å². The van der Waals surface area contributed by atoms with Crippen molar-refractivity contribution in [1.82, 2.24) is 4.31 Å². The third-order valence-electron chi connectivity index (χ3n) is 3.33. The second kappa shape index (κ2) is 6.71. The van der Waals surface area contributed by atoms with Crippen molar-refractivity contribution in [2.45, 2.75) is 43.9 Å². The summed E-state index contributed by atoms with van der Waals surface area (Å²) < 4.78 is 37.3. The molecule has 1 saturated heterocycles. The van der Waals surface area contributed by atoms with Gasteiger partial charge in [0.05, 0.1) is 12.6 Å². The highest BCUT2D eigenvalue weighted by atomic mass is 32.2. The van der Waals surface area contributed by atoms with E-state index in [-0.39, 0.29) is 17.7 Å². The van der Waals surface area contributed by atoms with Gasteiger partial charge in [-0.2, -0.15) is 4.31 Å². The van der Waals surface area contributed by atoms with Crippen molar-refractivity contribution in [1.29, 1.82) is 0 Å². The van der Waals surface area contributed by atoms with Gasteiger partial charge >= 0.3 is 0 Å². The first-order chi connectivity index (χ1) is 9.57. The van der Waals surface area contributed by atoms with E-state index in [9.17, 15) is 8.42 Å². The molecule has 1 aromatic rings. The van der Waals surface area contributed by atoms with Crippen molar-refractivity contribution in [3.05, 3.63) is 17.9 Å². The minimum absolute atomic E-state index is 0.0255. The third kappa shape index (κ3) is 3.41. The van der Waals surface area contributed by atoms with Crippen LogP contribution in [0.3, 0.4) is 0 Å². The summed E-state index contributed by atoms with van der Waals surface area (Å²) in [5, 5.41) is -0.0332. The number of hydrogen-bond acceptors (Lipinski definition) is 5. The van der Waals surface area contributed by atoms with Crippen LogP contribution >= 0.6 is 0 Å². The normalized spacial score (nSPS) is 21.2. The van der Waals surface area contributed by atoms with Crippen LogP contribution < -0.4 is 5.73 Å². The van der Waals surface area contributed by atoms with Crippen molar-refractivity contribution < 1.29 is 17.6 Å². The van der Waals surface area contributed by atoms with Crippen LogP contribution in [0.1, 0.15) is 31.9 Å². The Kier molecular flexibility index (Phi) is 5.20. The van der Waals surface area contributed by atoms with Gasteiger partial charge < -0.3 is 14.9 Å². The monoisotopic (exact) mass is 302 g/mol. The van der Waals surface area contributed by atoms with Gasteiger partial charge in [0.1, 0.15) is 5.76 Å². The van der Waals surface area contributed by atoms with E-state index in [2.05, 4.69) is 0 Å². The summed E-state index contributed by atoms with van der Waals surface area (Å²) in [5.41, 5.74) is 5.44. The number of ether oxygens (including phenoxy) is 1. The number of furan rings is 1. The fourth-order valence-electron chi connectivity index (χ4n) is 2.28. The molecule has 1 atom stereocenters. The van der Waals surface area contributed by atoms with E-state index in [1.165, 1.54) is 10.4 Å². The van der Waals surface area contributed by atoms with E-state index >= 15 is 0 Å². The van der Waals surface area contributed by atoms with Crippen molar-refractivity contribution in [3.63, 3.8) is 0 Å². The maximum atomic E-state index is 12.5. The van der Waals surface area contributed by atoms with E-state index < -0.39 is 10.0 Å². The SMILES string of the molecule is CCCOC1CCCN(S(=O)(=O)c2ccc(CN)o2)C1. The second-order valence-corrected chi connectivity index (χ2v) is 6.79. The summed E-state index contributed by atoms with van der Waals surface area (Å²) >= 11 is 0. The Bertz CT molecular complexity index is 526. The van der Waals surface area contributed by atoms with E-state index in [0.29, 0.717) is 25.5 Å². The lowest BCUT2D eigenvalue weighted by molar-refractivity contribution is 0.0190. The standard InChI is InChI=1S/C13H22N2O4S/c1-2-8-18-12-4-3-7-15(10-12)20(16,17)13-6-5-11(9-14)19-13/h5-6,12H,2-4,7-10,14H2,1H3. The number of piperidine rings is 1. The first-order valence-corrected chi connectivity index (χ1v) is 8.42. The van der Waals surface area contributed by atoms with Gasteiger partial charge in [-0.25, -0.2) is 8.42 Å². The third-order valence-corrected chi connectivity index (χ3v) is 5.07. The molecular weight excluding hydrogens is 280 g/mol. The fraction of sp³-hybridized carbons (Fsp3) is 0.692. The first-order valence-electron chi connectivity index (χ1n) is 6.98. The van der Waals surface area contributed by atoms with Crippen LogP contribution in [0.15, 0.2) is 21.6 Å². The summed E-state index contributed by atoms with van der Waals surface area (Å²) in [6.45, 7) is 3.79. The molecule has 1 aliphatic heterocycles. The van der Waals surface area contributed by atoms with Gasteiger partial charge in [-0.15, -0.1) is 0 Å². The molecule has 2 heterocycles. The van der Waals surface area contributed by atoms with Gasteiger partial charge in [0.2, 0.25) is 5.09 Å². The van der Waals surface area contributed by atoms with E-state index in [0.717, 1.165) is 19.3 Å². The topological polar surface area (TPSA) is 85.8 Å². The molecule has 1 fully saturated rings. The Labute approximate surface area is 119 Å². The van der Waals surface area contributed by atoms with Gasteiger partial charge in [0.15, 0.2) is 0 Å². The second-order valence-electron chi connectivity index (χ2n) is 4.92. The molecule has 0 radical (unpaired) electrons. The summed E-state index contributed by atoms with van der Waals surface area (Å²) in [6, 6.07) is 3.07. The Morgan fingerprint density at radius 2 is 2.30 bits per heavy atom. The Hall–Kier alpha value is -0.890. The highest BCUT2D eigenvalue weighted by molar-refractivity contribution is 7.89. The number of sulfonamides is 1. The molecule has 0 aliphatic carbocycles. The minimum atomic E-state index is -3.58. The zero-order chi connectivity index (χ0) is 14.6. The summed E-state index contributed by atoms with van der Waals surface area (Å²) in [5.74, 6) is 0.472. The van der Waals surface area contributed by atoms with Crippen LogP contribution in [0, 0.1) is 0 Å². The van der Waals surface area contributed by atoms with Crippen molar-refractivity contribution in [3.8, 4) is 0 Å². The molecule has 2 N–H and O–H groups in total. The molecule has 0 amide bonds. The number of nitrogens with zero attached hydrogens (tertiary/aromatic N) is 1. The molecule has 1 aliphatic rings. The molecule has 2 rings (SSSR count). The number of nitrogens with two attached hydrogens (primary N) is 1. The largest absolute Gasteiger partial charge is 0.447 e. The van der Waals surface area contributed by atoms with E-state index in [1.54, 1.807) is 6.07 Å². The predicted octanol–water partition coefficient (Wildman–Crippen LogP) is 1.32. The summed E-state index contributed by atoms with van der Waals surface area (Å²) in [4.78, 5) is 0. The first kappa shape index (κ1) is 15.5. The van der Waals surface area contributed by atoms with Gasteiger partial charge in [-0.1, -0.05) is 6.92 Å². The summed E-state index contributed by atoms with van der Waals surface area (Å²) in [7, 11) is -3.58. The predicted molar refractivity (Wildman–Crippen MR) is 74.6 cm³/mol. The summed E-state index contributed by atoms with van der Waals surface area (Å²) in [6.07, 6.45) is 2.61. The smallest absolute Gasteiger partial charge is 0.276 e. The molecule has 0 aromatic carbocycles. The quantitative estimate of drug-likeness (QED) is 0.856. The lowest BCUT2D eigenvalue weighted by atomic mass is 10.1. The van der Waals surface area contributed by atoms with Crippen LogP contribution in [0.5, 0.6) is 0 Å². The van der Waals surface area contributed by atoms with Crippen LogP contribution in [0.25, 0.3) is 0 Å². The zero-order valence-electron chi connectivity index (χ0n) is 11.7. The van der Waals surface area contributed by atoms with Crippen LogP contribution in [-0.4, -0.2) is 38.5 Å². The maximum absolute atomic E-state index is 12.5. The average Bonchev–Trinajstić information content (AvgIpc) is 2.95. The molecule has 0 bridgehead atoms. The number of hydrogen-bond donors (Lipinski definition) is 1. The van der Waals surface area contributed by atoms with Gasteiger partial charge in [-0.05, 0) is 31.4 Å². The lowest BCUT2D eigenvalue weighted by Gasteiger charge is -2.31. The van der Waals surface area contributed by atoms with Crippen molar-refractivity contribution >= 4 is 10.0 Å². The molecule has 6 nitrogen and oxygen atoms in total. The highest BCUT2D eigenvalue weighted by Crippen LogP contribution is 2.23. The molecule has 114 valence electrons. The van der Waals surface area contributed by atoms with E-state index in [4.69, 9.17) is 14.9 Å². The average molecular weight is 302 g/mol. The van der Waals surface area contributed by atoms with Crippen LogP contribution in [0.2, 0.25) is 0 Å². The molecule has 20 heavy (non-hydrogen) atoms. The number of rotatable bonds is 6. The highest BCUT2D eigenvalue weighted by Gasteiger charge is 2.32. The molecule has 7 heteroatoms. The minimum Gasteiger partial charge on any atom is -0.447 e. The Morgan fingerprint density at radius 1 is 1.50 bits per heavy atom. The lowest BCUT2D eigenvalue weighted by Crippen LogP contribution is -2.43. The van der Waals surface area contributed by atoms with E-state index in [1.807, 2.05) is 6.92 Å². The van der Waals surface area contributed by atoms with Crippen molar-refractivity contribution in [2.24, 2.45) is 5.73 Å². The van der Waals surface area contributed by atoms with Gasteiger partial charge in [-0.3, -0.25) is 0 Å². The molecule has 0 spiro atoms. The van der Waals surface area contributed by atoms with Gasteiger partial charge in [0.25, 0.3) is 10.0 Å². The fourth-order valence-corrected chi connectivity index (χ4v) is 3.72. The Balaban J connectivity index is 2.08. The molecule has 0 saturated carbocycles.